The van der Waals surface area contributed by atoms with Gasteiger partial charge in [-0.2, -0.15) is 0 Å². The van der Waals surface area contributed by atoms with E-state index in [0.29, 0.717) is 13.0 Å². The first-order valence-corrected chi connectivity index (χ1v) is 18.6. The predicted molar refractivity (Wildman–Crippen MR) is 188 cm³/mol. The van der Waals surface area contributed by atoms with Crippen molar-refractivity contribution in [2.75, 3.05) is 6.61 Å². The second-order valence-electron chi connectivity index (χ2n) is 12.2. The zero-order chi connectivity index (χ0) is 30.4. The maximum atomic E-state index is 11.9. The van der Waals surface area contributed by atoms with E-state index in [4.69, 9.17) is 4.74 Å². The van der Waals surface area contributed by atoms with Crippen LogP contribution in [0.3, 0.4) is 0 Å². The fraction of sp³-hybridized carbons (Fsp3) is 0.775. The van der Waals surface area contributed by atoms with Gasteiger partial charge in [-0.3, -0.25) is 4.79 Å². The average Bonchev–Trinajstić information content (AvgIpc) is 3.00. The molecule has 0 bridgehead atoms. The van der Waals surface area contributed by atoms with E-state index in [0.717, 1.165) is 38.5 Å². The lowest BCUT2D eigenvalue weighted by molar-refractivity contribution is -0.143. The average molecular weight is 585 g/mol. The topological polar surface area (TPSA) is 26.3 Å². The van der Waals surface area contributed by atoms with Crippen LogP contribution in [0.2, 0.25) is 0 Å². The van der Waals surface area contributed by atoms with Crippen LogP contribution in [0.4, 0.5) is 0 Å². The van der Waals surface area contributed by atoms with Gasteiger partial charge >= 0.3 is 5.97 Å². The van der Waals surface area contributed by atoms with Gasteiger partial charge in [-0.15, -0.1) is 0 Å². The molecule has 0 aromatic heterocycles. The third kappa shape index (κ3) is 36.5. The minimum atomic E-state index is 0.00414. The Morgan fingerprint density at radius 3 is 1.31 bits per heavy atom. The number of esters is 1. The lowest BCUT2D eigenvalue weighted by Crippen LogP contribution is -2.05. The van der Waals surface area contributed by atoms with E-state index in [-0.39, 0.29) is 5.97 Å². The van der Waals surface area contributed by atoms with Crippen molar-refractivity contribution in [3.8, 4) is 0 Å². The molecule has 0 atom stereocenters. The number of rotatable bonds is 33. The highest BCUT2D eigenvalue weighted by atomic mass is 16.5. The van der Waals surface area contributed by atoms with E-state index in [1.807, 2.05) is 0 Å². The second kappa shape index (κ2) is 37.5. The molecule has 244 valence electrons. The molecule has 0 amide bonds. The molecule has 0 unspecified atom stereocenters. The maximum absolute atomic E-state index is 11.9. The molecule has 0 aliphatic rings. The normalized spacial score (nSPS) is 12.1. The zero-order valence-electron chi connectivity index (χ0n) is 28.4. The van der Waals surface area contributed by atoms with Crippen molar-refractivity contribution in [3.63, 3.8) is 0 Å². The van der Waals surface area contributed by atoms with Gasteiger partial charge in [0.15, 0.2) is 0 Å². The fourth-order valence-electron chi connectivity index (χ4n) is 5.20. The largest absolute Gasteiger partial charge is 0.466 e. The third-order valence-corrected chi connectivity index (χ3v) is 7.95. The number of hydrogen-bond acceptors (Lipinski definition) is 2. The van der Waals surface area contributed by atoms with Crippen LogP contribution in [0.25, 0.3) is 0 Å². The van der Waals surface area contributed by atoms with Gasteiger partial charge in [0.2, 0.25) is 0 Å². The minimum Gasteiger partial charge on any atom is -0.466 e. The molecule has 0 saturated carbocycles. The molecule has 0 radical (unpaired) electrons. The predicted octanol–water partition coefficient (Wildman–Crippen LogP) is 13.7. The van der Waals surface area contributed by atoms with Gasteiger partial charge < -0.3 is 4.74 Å². The lowest BCUT2D eigenvalue weighted by atomic mass is 10.1. The number of hydrogen-bond donors (Lipinski definition) is 0. The van der Waals surface area contributed by atoms with E-state index < -0.39 is 0 Å². The Balaban J connectivity index is 3.25. The molecule has 0 heterocycles. The third-order valence-electron chi connectivity index (χ3n) is 7.95. The van der Waals surface area contributed by atoms with Crippen LogP contribution in [0.1, 0.15) is 194 Å². The van der Waals surface area contributed by atoms with Crippen molar-refractivity contribution < 1.29 is 9.53 Å². The Morgan fingerprint density at radius 1 is 0.429 bits per heavy atom. The SMILES string of the molecule is CC/C=C\C/C=C\C/C=C\CCCCCCCC(=O)OCCCCCCCCCCCC/C=C\CCCCCCCC. The molecule has 0 aliphatic heterocycles. The molecule has 0 aliphatic carbocycles. The monoisotopic (exact) mass is 585 g/mol. The molecule has 0 rings (SSSR count). The molecule has 0 fully saturated rings. The summed E-state index contributed by atoms with van der Waals surface area (Å²) in [5, 5.41) is 0. The molecule has 0 N–H and O–H groups in total. The van der Waals surface area contributed by atoms with Crippen LogP contribution in [-0.2, 0) is 9.53 Å². The molecule has 0 saturated heterocycles. The number of carbonyl (C=O) groups excluding carboxylic acids is 1. The Labute approximate surface area is 263 Å². The quantitative estimate of drug-likeness (QED) is 0.0435. The molecule has 0 aromatic carbocycles. The number of ether oxygens (including phenoxy) is 1. The van der Waals surface area contributed by atoms with Crippen molar-refractivity contribution in [2.45, 2.75) is 194 Å². The van der Waals surface area contributed by atoms with Gasteiger partial charge in [-0.25, -0.2) is 0 Å². The highest BCUT2D eigenvalue weighted by Crippen LogP contribution is 2.13. The van der Waals surface area contributed by atoms with Crippen LogP contribution in [-0.4, -0.2) is 12.6 Å². The van der Waals surface area contributed by atoms with Crippen LogP contribution in [0.15, 0.2) is 48.6 Å². The Bertz CT molecular complexity index is 642. The highest BCUT2D eigenvalue weighted by Gasteiger charge is 2.02. The standard InChI is InChI=1S/C40H72O2/c1-3-5-7-9-11-13-15-17-19-20-21-22-23-25-27-29-31-33-35-37-39-42-40(41)38-36-34-32-30-28-26-24-18-16-14-12-10-8-6-4-2/h6,8,12,14,17-19,24H,3-5,7,9-11,13,15-16,20-23,25-39H2,1-2H3/b8-6-,14-12-,19-17-,24-18-. The van der Waals surface area contributed by atoms with Gasteiger partial charge in [-0.1, -0.05) is 165 Å². The molecule has 42 heavy (non-hydrogen) atoms. The first-order valence-electron chi connectivity index (χ1n) is 18.6. The van der Waals surface area contributed by atoms with E-state index in [1.165, 1.54) is 135 Å². The summed E-state index contributed by atoms with van der Waals surface area (Å²) in [6.45, 7) is 5.07. The van der Waals surface area contributed by atoms with Crippen molar-refractivity contribution in [1.82, 2.24) is 0 Å². The van der Waals surface area contributed by atoms with E-state index >= 15 is 0 Å². The summed E-state index contributed by atoms with van der Waals surface area (Å²) in [7, 11) is 0. The summed E-state index contributed by atoms with van der Waals surface area (Å²) in [6.07, 6.45) is 53.2. The van der Waals surface area contributed by atoms with Crippen molar-refractivity contribution in [3.05, 3.63) is 48.6 Å². The summed E-state index contributed by atoms with van der Waals surface area (Å²) in [5.74, 6) is 0.00414. The first kappa shape index (κ1) is 40.4. The minimum absolute atomic E-state index is 0.00414. The van der Waals surface area contributed by atoms with Crippen molar-refractivity contribution in [2.24, 2.45) is 0 Å². The molecule has 2 nitrogen and oxygen atoms in total. The summed E-state index contributed by atoms with van der Waals surface area (Å²) in [6, 6.07) is 0. The highest BCUT2D eigenvalue weighted by molar-refractivity contribution is 5.69. The Hall–Kier alpha value is -1.57. The van der Waals surface area contributed by atoms with E-state index in [1.54, 1.807) is 0 Å². The van der Waals surface area contributed by atoms with Crippen LogP contribution in [0.5, 0.6) is 0 Å². The molecular weight excluding hydrogens is 512 g/mol. The van der Waals surface area contributed by atoms with E-state index in [2.05, 4.69) is 62.5 Å². The Morgan fingerprint density at radius 2 is 0.810 bits per heavy atom. The number of carbonyl (C=O) groups is 1. The fourth-order valence-corrected chi connectivity index (χ4v) is 5.20. The van der Waals surface area contributed by atoms with Gasteiger partial charge in [0.25, 0.3) is 0 Å². The van der Waals surface area contributed by atoms with Gasteiger partial charge in [0, 0.05) is 6.42 Å². The Kier molecular flexibility index (Phi) is 36.1. The molecule has 2 heteroatoms. The molecule has 0 spiro atoms. The summed E-state index contributed by atoms with van der Waals surface area (Å²) in [4.78, 5) is 11.9. The van der Waals surface area contributed by atoms with Gasteiger partial charge in [0.05, 0.1) is 6.61 Å². The maximum Gasteiger partial charge on any atom is 0.305 e. The summed E-state index contributed by atoms with van der Waals surface area (Å²) >= 11 is 0. The first-order chi connectivity index (χ1) is 20.8. The number of allylic oxidation sites excluding steroid dienone is 8. The second-order valence-corrected chi connectivity index (χ2v) is 12.2. The molecule has 0 aromatic rings. The van der Waals surface area contributed by atoms with Gasteiger partial charge in [0.1, 0.15) is 0 Å². The summed E-state index contributed by atoms with van der Waals surface area (Å²) < 4.78 is 5.44. The van der Waals surface area contributed by atoms with E-state index in [9.17, 15) is 4.79 Å². The van der Waals surface area contributed by atoms with Crippen molar-refractivity contribution in [1.29, 1.82) is 0 Å². The number of unbranched alkanes of at least 4 members (excludes halogenated alkanes) is 21. The smallest absolute Gasteiger partial charge is 0.305 e. The van der Waals surface area contributed by atoms with Crippen LogP contribution >= 0.6 is 0 Å². The van der Waals surface area contributed by atoms with Crippen molar-refractivity contribution >= 4 is 5.97 Å². The lowest BCUT2D eigenvalue weighted by Gasteiger charge is -2.05. The van der Waals surface area contributed by atoms with Crippen LogP contribution in [0, 0.1) is 0 Å². The molecular formula is C40H72O2. The van der Waals surface area contributed by atoms with Crippen LogP contribution < -0.4 is 0 Å². The summed E-state index contributed by atoms with van der Waals surface area (Å²) in [5.41, 5.74) is 0. The zero-order valence-corrected chi connectivity index (χ0v) is 28.4. The van der Waals surface area contributed by atoms with Gasteiger partial charge in [-0.05, 0) is 70.6 Å².